The van der Waals surface area contributed by atoms with E-state index in [9.17, 15) is 14.4 Å². The van der Waals surface area contributed by atoms with E-state index < -0.39 is 11.8 Å². The number of benzene rings is 3. The molecule has 0 aliphatic carbocycles. The van der Waals surface area contributed by atoms with Crippen molar-refractivity contribution in [2.75, 3.05) is 20.6 Å². The number of likely N-dealkylation sites (N-methyl/N-ethyl adjacent to an activating group) is 1. The fourth-order valence-corrected chi connectivity index (χ4v) is 5.00. The standard InChI is InChI=1S/C28H23BrClN5O3/c1-33(2)14-13-24-31-32-25(16-34-27(37)18-7-3-4-8-19(18)28(34)38)35(24)23-12-11-17(29)15-21(23)26(36)20-9-5-6-10-22(20)30/h3-12,15H,13-14,16H2,1-2H3. The van der Waals surface area contributed by atoms with Gasteiger partial charge in [0.15, 0.2) is 11.6 Å². The average Bonchev–Trinajstić information content (AvgIpc) is 3.41. The number of imide groups is 1. The lowest BCUT2D eigenvalue weighted by molar-refractivity contribution is 0.0637. The van der Waals surface area contributed by atoms with Gasteiger partial charge in [-0.3, -0.25) is 23.9 Å². The topological polar surface area (TPSA) is 88.4 Å². The second-order valence-electron chi connectivity index (χ2n) is 9.13. The molecule has 1 aliphatic rings. The number of rotatable bonds is 8. The van der Waals surface area contributed by atoms with E-state index in [2.05, 4.69) is 26.1 Å². The van der Waals surface area contributed by atoms with E-state index in [4.69, 9.17) is 11.6 Å². The van der Waals surface area contributed by atoms with E-state index in [1.54, 1.807) is 65.2 Å². The van der Waals surface area contributed by atoms with Crippen LogP contribution in [0.3, 0.4) is 0 Å². The lowest BCUT2D eigenvalue weighted by Crippen LogP contribution is -2.30. The second-order valence-corrected chi connectivity index (χ2v) is 10.5. The molecule has 192 valence electrons. The summed E-state index contributed by atoms with van der Waals surface area (Å²) < 4.78 is 2.48. The highest BCUT2D eigenvalue weighted by Crippen LogP contribution is 2.29. The summed E-state index contributed by atoms with van der Waals surface area (Å²) >= 11 is 9.85. The highest BCUT2D eigenvalue weighted by atomic mass is 79.9. The molecule has 1 aromatic heterocycles. The zero-order chi connectivity index (χ0) is 27.0. The van der Waals surface area contributed by atoms with Crippen LogP contribution in [0.1, 0.15) is 48.3 Å². The van der Waals surface area contributed by atoms with E-state index in [1.807, 2.05) is 25.1 Å². The highest BCUT2D eigenvalue weighted by molar-refractivity contribution is 9.10. The SMILES string of the molecule is CN(C)CCc1nnc(CN2C(=O)c3ccccc3C2=O)n1-c1ccc(Br)cc1C(=O)c1ccccc1Cl. The van der Waals surface area contributed by atoms with Crippen molar-refractivity contribution in [3.8, 4) is 5.69 Å². The summed E-state index contributed by atoms with van der Waals surface area (Å²) in [5.41, 5.74) is 1.98. The number of fused-ring (bicyclic) bond motifs is 1. The number of carbonyl (C=O) groups excluding carboxylic acids is 3. The van der Waals surface area contributed by atoms with Gasteiger partial charge in [-0.15, -0.1) is 10.2 Å². The average molecular weight is 593 g/mol. The molecule has 0 unspecified atom stereocenters. The molecule has 2 heterocycles. The summed E-state index contributed by atoms with van der Waals surface area (Å²) in [4.78, 5) is 43.1. The number of halogens is 2. The molecule has 5 rings (SSSR count). The van der Waals surface area contributed by atoms with Crippen LogP contribution in [0.5, 0.6) is 0 Å². The van der Waals surface area contributed by atoms with Gasteiger partial charge in [-0.2, -0.15) is 0 Å². The smallest absolute Gasteiger partial charge is 0.261 e. The number of ketones is 1. The quantitative estimate of drug-likeness (QED) is 0.216. The third kappa shape index (κ3) is 4.80. The number of carbonyl (C=O) groups is 3. The molecule has 0 atom stereocenters. The summed E-state index contributed by atoms with van der Waals surface area (Å²) in [6.07, 6.45) is 0.526. The van der Waals surface area contributed by atoms with E-state index in [1.165, 1.54) is 0 Å². The Bertz CT molecular complexity index is 1550. The molecule has 0 fully saturated rings. The molecule has 0 radical (unpaired) electrons. The molecular weight excluding hydrogens is 570 g/mol. The number of aromatic nitrogens is 3. The van der Waals surface area contributed by atoms with Gasteiger partial charge in [-0.25, -0.2) is 0 Å². The lowest BCUT2D eigenvalue weighted by Gasteiger charge is -2.18. The molecule has 4 aromatic rings. The van der Waals surface area contributed by atoms with Gasteiger partial charge in [-0.05, 0) is 56.6 Å². The number of hydrogen-bond acceptors (Lipinski definition) is 6. The number of hydrogen-bond donors (Lipinski definition) is 0. The molecule has 38 heavy (non-hydrogen) atoms. The van der Waals surface area contributed by atoms with Crippen molar-refractivity contribution in [3.63, 3.8) is 0 Å². The Morgan fingerprint density at radius 2 is 1.53 bits per heavy atom. The summed E-state index contributed by atoms with van der Waals surface area (Å²) in [6, 6.07) is 18.9. The molecule has 3 aromatic carbocycles. The van der Waals surface area contributed by atoms with Crippen molar-refractivity contribution in [2.45, 2.75) is 13.0 Å². The van der Waals surface area contributed by atoms with E-state index in [0.717, 1.165) is 4.90 Å². The summed E-state index contributed by atoms with van der Waals surface area (Å²) in [6.45, 7) is 0.576. The van der Waals surface area contributed by atoms with E-state index in [0.29, 0.717) is 62.1 Å². The van der Waals surface area contributed by atoms with Crippen molar-refractivity contribution in [1.82, 2.24) is 24.6 Å². The van der Waals surface area contributed by atoms with E-state index >= 15 is 0 Å². The zero-order valence-corrected chi connectivity index (χ0v) is 23.0. The Morgan fingerprint density at radius 3 is 2.18 bits per heavy atom. The first-order chi connectivity index (χ1) is 18.3. The Labute approximate surface area is 233 Å². The fraction of sp³-hybridized carbons (Fsp3) is 0.179. The van der Waals surface area contributed by atoms with Gasteiger partial charge in [0, 0.05) is 28.6 Å². The second kappa shape index (κ2) is 10.6. The molecule has 10 heteroatoms. The van der Waals surface area contributed by atoms with E-state index in [-0.39, 0.29) is 12.3 Å². The van der Waals surface area contributed by atoms with Crippen molar-refractivity contribution in [3.05, 3.63) is 110 Å². The van der Waals surface area contributed by atoms with Crippen LogP contribution in [0.4, 0.5) is 0 Å². The molecule has 0 bridgehead atoms. The minimum absolute atomic E-state index is 0.100. The molecule has 1 aliphatic heterocycles. The first kappa shape index (κ1) is 26.0. The van der Waals surface area contributed by atoms with Crippen molar-refractivity contribution in [1.29, 1.82) is 0 Å². The molecule has 8 nitrogen and oxygen atoms in total. The summed E-state index contributed by atoms with van der Waals surface area (Å²) in [5, 5.41) is 9.12. The van der Waals surface area contributed by atoms with Gasteiger partial charge >= 0.3 is 0 Å². The number of nitrogens with zero attached hydrogens (tertiary/aromatic N) is 5. The zero-order valence-electron chi connectivity index (χ0n) is 20.7. The van der Waals surface area contributed by atoms with Crippen molar-refractivity contribution >= 4 is 45.1 Å². The van der Waals surface area contributed by atoms with Gasteiger partial charge in [-0.1, -0.05) is 51.8 Å². The summed E-state index contributed by atoms with van der Waals surface area (Å²) in [7, 11) is 3.90. The van der Waals surface area contributed by atoms with Crippen molar-refractivity contribution in [2.24, 2.45) is 0 Å². The molecule has 0 N–H and O–H groups in total. The maximum atomic E-state index is 13.7. The third-order valence-electron chi connectivity index (χ3n) is 6.32. The molecule has 0 spiro atoms. The third-order valence-corrected chi connectivity index (χ3v) is 7.14. The van der Waals surface area contributed by atoms with Crippen LogP contribution < -0.4 is 0 Å². The van der Waals surface area contributed by atoms with Crippen LogP contribution in [-0.4, -0.2) is 62.8 Å². The number of amides is 2. The van der Waals surface area contributed by atoms with Gasteiger partial charge in [0.1, 0.15) is 5.82 Å². The van der Waals surface area contributed by atoms with Crippen LogP contribution in [0.25, 0.3) is 5.69 Å². The molecule has 0 saturated carbocycles. The first-order valence-electron chi connectivity index (χ1n) is 11.9. The van der Waals surface area contributed by atoms with Crippen LogP contribution in [0.15, 0.2) is 71.2 Å². The molecule has 2 amide bonds. The normalized spacial score (nSPS) is 12.9. The first-order valence-corrected chi connectivity index (χ1v) is 13.1. The fourth-order valence-electron chi connectivity index (χ4n) is 4.42. The Kier molecular flexibility index (Phi) is 7.25. The molecule has 0 saturated heterocycles. The monoisotopic (exact) mass is 591 g/mol. The highest BCUT2D eigenvalue weighted by Gasteiger charge is 2.36. The Balaban J connectivity index is 1.62. The summed E-state index contributed by atoms with van der Waals surface area (Å²) in [5.74, 6) is -0.0909. The predicted octanol–water partition coefficient (Wildman–Crippen LogP) is 4.81. The van der Waals surface area contributed by atoms with Crippen LogP contribution >= 0.6 is 27.5 Å². The minimum atomic E-state index is -0.391. The van der Waals surface area contributed by atoms with Crippen LogP contribution in [-0.2, 0) is 13.0 Å². The maximum absolute atomic E-state index is 13.7. The minimum Gasteiger partial charge on any atom is -0.309 e. The largest absolute Gasteiger partial charge is 0.309 e. The molecular formula is C28H23BrClN5O3. The van der Waals surface area contributed by atoms with Crippen LogP contribution in [0, 0.1) is 0 Å². The van der Waals surface area contributed by atoms with Crippen LogP contribution in [0.2, 0.25) is 5.02 Å². The Morgan fingerprint density at radius 1 is 0.895 bits per heavy atom. The van der Waals surface area contributed by atoms with Gasteiger partial charge in [0.2, 0.25) is 0 Å². The lowest BCUT2D eigenvalue weighted by atomic mass is 10.0. The van der Waals surface area contributed by atoms with Gasteiger partial charge < -0.3 is 4.90 Å². The van der Waals surface area contributed by atoms with Gasteiger partial charge in [0.25, 0.3) is 11.8 Å². The van der Waals surface area contributed by atoms with Gasteiger partial charge in [0.05, 0.1) is 28.4 Å². The maximum Gasteiger partial charge on any atom is 0.261 e. The predicted molar refractivity (Wildman–Crippen MR) is 147 cm³/mol. The Hall–Kier alpha value is -3.66. The van der Waals surface area contributed by atoms with Crippen molar-refractivity contribution < 1.29 is 14.4 Å².